The highest BCUT2D eigenvalue weighted by atomic mass is 16.3. The van der Waals surface area contributed by atoms with Crippen LogP contribution in [0, 0.1) is 12.3 Å². The third kappa shape index (κ3) is 3.75. The van der Waals surface area contributed by atoms with Crippen LogP contribution in [0.4, 0.5) is 0 Å². The van der Waals surface area contributed by atoms with Crippen molar-refractivity contribution < 1.29 is 5.11 Å². The van der Waals surface area contributed by atoms with Crippen LogP contribution >= 0.6 is 0 Å². The van der Waals surface area contributed by atoms with E-state index < -0.39 is 0 Å². The molecule has 1 rings (SSSR count). The van der Waals surface area contributed by atoms with E-state index in [9.17, 15) is 5.11 Å². The minimum absolute atomic E-state index is 0.100. The molecule has 1 N–H and O–H groups in total. The van der Waals surface area contributed by atoms with Crippen molar-refractivity contribution in [3.63, 3.8) is 0 Å². The molecular weight excluding hydrogens is 186 g/mol. The lowest BCUT2D eigenvalue weighted by molar-refractivity contribution is 0.158. The second kappa shape index (κ2) is 6.23. The first-order valence-corrected chi connectivity index (χ1v) is 5.06. The van der Waals surface area contributed by atoms with Crippen LogP contribution in [0.3, 0.4) is 0 Å². The molecule has 1 aromatic rings. The van der Waals surface area contributed by atoms with Crippen molar-refractivity contribution in [3.05, 3.63) is 35.9 Å². The Labute approximate surface area is 91.5 Å². The van der Waals surface area contributed by atoms with Crippen molar-refractivity contribution in [1.29, 1.82) is 0 Å². The number of aliphatic hydroxyl groups excluding tert-OH is 1. The van der Waals surface area contributed by atoms with Gasteiger partial charge in [0.05, 0.1) is 13.2 Å². The molecule has 0 aliphatic carbocycles. The van der Waals surface area contributed by atoms with Gasteiger partial charge >= 0.3 is 0 Å². The van der Waals surface area contributed by atoms with Gasteiger partial charge < -0.3 is 5.11 Å². The Kier molecular flexibility index (Phi) is 4.89. The molecule has 80 valence electrons. The standard InChI is InChI=1S/C13H17NO/c1-3-9-14(2)13(11-15)10-12-7-5-4-6-8-12/h1,4-8,13,15H,9-11H2,2H3/t13-/m0/s1. The van der Waals surface area contributed by atoms with E-state index in [0.717, 1.165) is 6.42 Å². The number of hydrogen-bond acceptors (Lipinski definition) is 2. The van der Waals surface area contributed by atoms with E-state index >= 15 is 0 Å². The average molecular weight is 203 g/mol. The molecule has 0 saturated carbocycles. The molecule has 0 spiro atoms. The van der Waals surface area contributed by atoms with Gasteiger partial charge in [-0.15, -0.1) is 6.42 Å². The summed E-state index contributed by atoms with van der Waals surface area (Å²) in [6.07, 6.45) is 6.07. The molecule has 0 bridgehead atoms. The van der Waals surface area contributed by atoms with E-state index in [4.69, 9.17) is 6.42 Å². The average Bonchev–Trinajstić information content (AvgIpc) is 2.27. The highest BCUT2D eigenvalue weighted by Crippen LogP contribution is 2.06. The highest BCUT2D eigenvalue weighted by molar-refractivity contribution is 5.16. The predicted molar refractivity (Wildman–Crippen MR) is 62.5 cm³/mol. The van der Waals surface area contributed by atoms with Crippen LogP contribution in [-0.4, -0.2) is 36.2 Å². The van der Waals surface area contributed by atoms with Gasteiger partial charge in [-0.05, 0) is 19.0 Å². The van der Waals surface area contributed by atoms with Gasteiger partial charge in [0.15, 0.2) is 0 Å². The topological polar surface area (TPSA) is 23.5 Å². The van der Waals surface area contributed by atoms with Gasteiger partial charge in [-0.25, -0.2) is 0 Å². The third-order valence-electron chi connectivity index (χ3n) is 2.49. The third-order valence-corrected chi connectivity index (χ3v) is 2.49. The number of likely N-dealkylation sites (N-methyl/N-ethyl adjacent to an activating group) is 1. The molecule has 2 heteroatoms. The minimum Gasteiger partial charge on any atom is -0.395 e. The predicted octanol–water partition coefficient (Wildman–Crippen LogP) is 1.16. The van der Waals surface area contributed by atoms with Crippen LogP contribution in [0.2, 0.25) is 0 Å². The number of rotatable bonds is 5. The first-order valence-electron chi connectivity index (χ1n) is 5.06. The van der Waals surface area contributed by atoms with Gasteiger partial charge in [-0.2, -0.15) is 0 Å². The number of nitrogens with zero attached hydrogens (tertiary/aromatic N) is 1. The van der Waals surface area contributed by atoms with Gasteiger partial charge in [0, 0.05) is 6.04 Å². The number of benzene rings is 1. The summed E-state index contributed by atoms with van der Waals surface area (Å²) < 4.78 is 0. The number of aliphatic hydroxyl groups is 1. The van der Waals surface area contributed by atoms with Gasteiger partial charge in [-0.3, -0.25) is 4.90 Å². The van der Waals surface area contributed by atoms with E-state index in [0.29, 0.717) is 6.54 Å². The van der Waals surface area contributed by atoms with E-state index in [1.807, 2.05) is 30.1 Å². The first-order chi connectivity index (χ1) is 7.27. The molecule has 0 fully saturated rings. The lowest BCUT2D eigenvalue weighted by atomic mass is 10.1. The van der Waals surface area contributed by atoms with Crippen LogP contribution < -0.4 is 0 Å². The molecule has 0 amide bonds. The highest BCUT2D eigenvalue weighted by Gasteiger charge is 2.12. The molecule has 0 saturated heterocycles. The van der Waals surface area contributed by atoms with Crippen molar-refractivity contribution in [3.8, 4) is 12.3 Å². The van der Waals surface area contributed by atoms with Crippen LogP contribution in [0.1, 0.15) is 5.56 Å². The molecule has 0 radical (unpaired) electrons. The van der Waals surface area contributed by atoms with E-state index in [-0.39, 0.29) is 12.6 Å². The van der Waals surface area contributed by atoms with Crippen molar-refractivity contribution >= 4 is 0 Å². The van der Waals surface area contributed by atoms with Gasteiger partial charge in [0.2, 0.25) is 0 Å². The lowest BCUT2D eigenvalue weighted by Crippen LogP contribution is -2.36. The van der Waals surface area contributed by atoms with E-state index in [1.54, 1.807) is 0 Å². The monoisotopic (exact) mass is 203 g/mol. The molecule has 0 heterocycles. The molecule has 15 heavy (non-hydrogen) atoms. The van der Waals surface area contributed by atoms with Gasteiger partial charge in [0.25, 0.3) is 0 Å². The van der Waals surface area contributed by atoms with Crippen molar-refractivity contribution in [2.45, 2.75) is 12.5 Å². The molecule has 1 aromatic carbocycles. The Morgan fingerprint density at radius 1 is 1.40 bits per heavy atom. The van der Waals surface area contributed by atoms with Crippen molar-refractivity contribution in [2.75, 3.05) is 20.2 Å². The van der Waals surface area contributed by atoms with Crippen LogP contribution in [0.25, 0.3) is 0 Å². The Morgan fingerprint density at radius 2 is 2.07 bits per heavy atom. The largest absolute Gasteiger partial charge is 0.395 e. The molecular formula is C13H17NO. The summed E-state index contributed by atoms with van der Waals surface area (Å²) in [6, 6.07) is 10.2. The normalized spacial score (nSPS) is 12.4. The Bertz CT molecular complexity index is 315. The summed E-state index contributed by atoms with van der Waals surface area (Å²) in [4.78, 5) is 1.99. The number of hydrogen-bond donors (Lipinski definition) is 1. The Hall–Kier alpha value is -1.30. The maximum atomic E-state index is 9.27. The Morgan fingerprint density at radius 3 is 2.60 bits per heavy atom. The van der Waals surface area contributed by atoms with Crippen LogP contribution in [0.5, 0.6) is 0 Å². The Balaban J connectivity index is 2.58. The first kappa shape index (κ1) is 11.8. The molecule has 0 aliphatic heterocycles. The SMILES string of the molecule is C#CCN(C)[C@H](CO)Cc1ccccc1. The van der Waals surface area contributed by atoms with E-state index in [1.165, 1.54) is 5.56 Å². The smallest absolute Gasteiger partial charge is 0.0599 e. The summed E-state index contributed by atoms with van der Waals surface area (Å²) >= 11 is 0. The quantitative estimate of drug-likeness (QED) is 0.726. The van der Waals surface area contributed by atoms with Crippen LogP contribution in [0.15, 0.2) is 30.3 Å². The maximum absolute atomic E-state index is 9.27. The fraction of sp³-hybridized carbons (Fsp3) is 0.385. The van der Waals surface area contributed by atoms with Crippen molar-refractivity contribution in [1.82, 2.24) is 4.90 Å². The summed E-state index contributed by atoms with van der Waals surface area (Å²) in [5.41, 5.74) is 1.22. The zero-order chi connectivity index (χ0) is 11.1. The molecule has 0 aromatic heterocycles. The maximum Gasteiger partial charge on any atom is 0.0599 e. The zero-order valence-corrected chi connectivity index (χ0v) is 9.06. The number of terminal acetylenes is 1. The fourth-order valence-corrected chi connectivity index (χ4v) is 1.52. The molecule has 0 aliphatic rings. The summed E-state index contributed by atoms with van der Waals surface area (Å²) in [5, 5.41) is 9.27. The van der Waals surface area contributed by atoms with Crippen molar-refractivity contribution in [2.24, 2.45) is 0 Å². The lowest BCUT2D eigenvalue weighted by Gasteiger charge is -2.24. The second-order valence-corrected chi connectivity index (χ2v) is 3.65. The summed E-state index contributed by atoms with van der Waals surface area (Å²) in [6.45, 7) is 0.700. The van der Waals surface area contributed by atoms with Crippen LogP contribution in [-0.2, 0) is 6.42 Å². The summed E-state index contributed by atoms with van der Waals surface area (Å²) in [5.74, 6) is 2.58. The second-order valence-electron chi connectivity index (χ2n) is 3.65. The van der Waals surface area contributed by atoms with E-state index in [2.05, 4.69) is 18.1 Å². The summed E-state index contributed by atoms with van der Waals surface area (Å²) in [7, 11) is 1.93. The molecule has 1 atom stereocenters. The zero-order valence-electron chi connectivity index (χ0n) is 9.06. The molecule has 2 nitrogen and oxygen atoms in total. The minimum atomic E-state index is 0.100. The molecule has 0 unspecified atom stereocenters. The fourth-order valence-electron chi connectivity index (χ4n) is 1.52. The van der Waals surface area contributed by atoms with Gasteiger partial charge in [-0.1, -0.05) is 36.3 Å². The van der Waals surface area contributed by atoms with Gasteiger partial charge in [0.1, 0.15) is 0 Å².